The van der Waals surface area contributed by atoms with Crippen molar-refractivity contribution in [3.8, 4) is 11.5 Å². The third-order valence-corrected chi connectivity index (χ3v) is 6.27. The molecular weight excluding hydrogens is 423 g/mol. The molecule has 0 fully saturated rings. The average Bonchev–Trinajstić information content (AvgIpc) is 2.77. The molecule has 1 aliphatic rings. The summed E-state index contributed by atoms with van der Waals surface area (Å²) in [6, 6.07) is 8.14. The lowest BCUT2D eigenvalue weighted by Crippen LogP contribution is -2.43. The Balaban J connectivity index is 1.98. The Kier molecular flexibility index (Phi) is 6.18. The number of hydrogen-bond acceptors (Lipinski definition) is 5. The summed E-state index contributed by atoms with van der Waals surface area (Å²) < 4.78 is 52.7. The molecule has 0 saturated heterocycles. The summed E-state index contributed by atoms with van der Waals surface area (Å²) in [5.41, 5.74) is -0.000916. The monoisotopic (exact) mass is 450 g/mol. The van der Waals surface area contributed by atoms with Gasteiger partial charge >= 0.3 is 0 Å². The van der Waals surface area contributed by atoms with E-state index in [0.717, 1.165) is 6.07 Å². The van der Waals surface area contributed by atoms with Crippen LogP contribution in [-0.4, -0.2) is 34.6 Å². The zero-order valence-corrected chi connectivity index (χ0v) is 19.0. The largest absolute Gasteiger partial charge is 0.494 e. The van der Waals surface area contributed by atoms with Crippen LogP contribution < -0.4 is 19.1 Å². The number of benzene rings is 2. The molecule has 7 nitrogen and oxygen atoms in total. The lowest BCUT2D eigenvalue weighted by molar-refractivity contribution is -0.127. The molecule has 31 heavy (non-hydrogen) atoms. The van der Waals surface area contributed by atoms with E-state index in [-0.39, 0.29) is 34.8 Å². The SMILES string of the molecule is COc1ccc(S(=O)(=O)Nc2ccc3c(c2)N(CC(C)C)C(=O)C(C)(C)CO3)cc1F. The maximum Gasteiger partial charge on any atom is 0.262 e. The number of halogens is 1. The third-order valence-electron chi connectivity index (χ3n) is 4.90. The fourth-order valence-electron chi connectivity index (χ4n) is 3.28. The molecule has 0 bridgehead atoms. The van der Waals surface area contributed by atoms with Crippen LogP contribution in [0.4, 0.5) is 15.8 Å². The number of hydrogen-bond donors (Lipinski definition) is 1. The molecule has 1 aliphatic heterocycles. The Morgan fingerprint density at radius 1 is 1.23 bits per heavy atom. The molecule has 0 saturated carbocycles. The van der Waals surface area contributed by atoms with Gasteiger partial charge in [-0.25, -0.2) is 12.8 Å². The number of fused-ring (bicyclic) bond motifs is 1. The highest BCUT2D eigenvalue weighted by Crippen LogP contribution is 2.39. The molecule has 1 N–H and O–H groups in total. The van der Waals surface area contributed by atoms with E-state index < -0.39 is 21.3 Å². The highest BCUT2D eigenvalue weighted by atomic mass is 32.2. The molecule has 3 rings (SSSR count). The molecule has 0 aromatic heterocycles. The van der Waals surface area contributed by atoms with Crippen LogP contribution in [0.15, 0.2) is 41.3 Å². The highest BCUT2D eigenvalue weighted by Gasteiger charge is 2.38. The number of sulfonamides is 1. The minimum atomic E-state index is -4.06. The molecule has 1 heterocycles. The number of carbonyl (C=O) groups is 1. The third kappa shape index (κ3) is 4.76. The number of nitrogens with one attached hydrogen (secondary N) is 1. The van der Waals surface area contributed by atoms with Gasteiger partial charge in [-0.05, 0) is 56.2 Å². The summed E-state index contributed by atoms with van der Waals surface area (Å²) in [4.78, 5) is 14.5. The Bertz CT molecular complexity index is 1100. The van der Waals surface area contributed by atoms with Crippen LogP contribution in [0.3, 0.4) is 0 Å². The van der Waals surface area contributed by atoms with Crippen molar-refractivity contribution in [2.45, 2.75) is 32.6 Å². The van der Waals surface area contributed by atoms with E-state index in [1.54, 1.807) is 23.1 Å². The number of nitrogens with zero attached hydrogens (tertiary/aromatic N) is 1. The Labute approximate surface area is 182 Å². The van der Waals surface area contributed by atoms with Gasteiger partial charge in [0.15, 0.2) is 11.6 Å². The van der Waals surface area contributed by atoms with Crippen molar-refractivity contribution >= 4 is 27.3 Å². The van der Waals surface area contributed by atoms with Crippen molar-refractivity contribution in [1.29, 1.82) is 0 Å². The van der Waals surface area contributed by atoms with E-state index in [1.165, 1.54) is 19.2 Å². The second-order valence-electron chi connectivity index (χ2n) is 8.57. The molecule has 168 valence electrons. The van der Waals surface area contributed by atoms with E-state index in [1.807, 2.05) is 27.7 Å². The van der Waals surface area contributed by atoms with Gasteiger partial charge in [-0.3, -0.25) is 9.52 Å². The molecular formula is C22H27FN2O5S. The van der Waals surface area contributed by atoms with Gasteiger partial charge in [0, 0.05) is 6.54 Å². The van der Waals surface area contributed by atoms with Crippen LogP contribution in [0.2, 0.25) is 0 Å². The number of rotatable bonds is 6. The number of ether oxygens (including phenoxy) is 2. The molecule has 0 radical (unpaired) electrons. The van der Waals surface area contributed by atoms with Gasteiger partial charge in [0.1, 0.15) is 12.4 Å². The van der Waals surface area contributed by atoms with Crippen molar-refractivity contribution in [1.82, 2.24) is 0 Å². The Hall–Kier alpha value is -2.81. The van der Waals surface area contributed by atoms with Gasteiger partial charge in [-0.2, -0.15) is 0 Å². The maximum atomic E-state index is 14.0. The van der Waals surface area contributed by atoms with Crippen LogP contribution in [-0.2, 0) is 14.8 Å². The van der Waals surface area contributed by atoms with Gasteiger partial charge in [0.2, 0.25) is 5.91 Å². The minimum absolute atomic E-state index is 0.0495. The zero-order chi connectivity index (χ0) is 23.0. The summed E-state index contributed by atoms with van der Waals surface area (Å²) in [6.45, 7) is 8.29. The number of anilines is 2. The molecule has 9 heteroatoms. The van der Waals surface area contributed by atoms with E-state index in [9.17, 15) is 17.6 Å². The standard InChI is InChI=1S/C22H27FN2O5S/c1-14(2)12-25-18-10-15(6-8-20(18)30-13-22(3,4)21(25)26)24-31(27,28)16-7-9-19(29-5)17(23)11-16/h6-11,14,24H,12-13H2,1-5H3. The number of methoxy groups -OCH3 is 1. The van der Waals surface area contributed by atoms with E-state index in [4.69, 9.17) is 9.47 Å². The van der Waals surface area contributed by atoms with Crippen LogP contribution >= 0.6 is 0 Å². The summed E-state index contributed by atoms with van der Waals surface area (Å²) >= 11 is 0. The predicted octanol–water partition coefficient (Wildman–Crippen LogP) is 4.04. The summed E-state index contributed by atoms with van der Waals surface area (Å²) in [5, 5.41) is 0. The van der Waals surface area contributed by atoms with Crippen molar-refractivity contribution in [2.75, 3.05) is 29.9 Å². The molecule has 2 aromatic rings. The number of carbonyl (C=O) groups excluding carboxylic acids is 1. The average molecular weight is 451 g/mol. The molecule has 1 amide bonds. The van der Waals surface area contributed by atoms with Crippen molar-refractivity contribution in [3.63, 3.8) is 0 Å². The zero-order valence-electron chi connectivity index (χ0n) is 18.2. The van der Waals surface area contributed by atoms with Crippen LogP contribution in [0, 0.1) is 17.2 Å². The molecule has 0 aliphatic carbocycles. The van der Waals surface area contributed by atoms with E-state index in [2.05, 4.69) is 4.72 Å². The van der Waals surface area contributed by atoms with Gasteiger partial charge in [0.25, 0.3) is 10.0 Å². The van der Waals surface area contributed by atoms with Crippen molar-refractivity contribution < 1.29 is 27.1 Å². The first-order chi connectivity index (χ1) is 14.4. The van der Waals surface area contributed by atoms with Crippen LogP contribution in [0.25, 0.3) is 0 Å². The lowest BCUT2D eigenvalue weighted by atomic mass is 9.92. The quantitative estimate of drug-likeness (QED) is 0.718. The summed E-state index contributed by atoms with van der Waals surface area (Å²) in [6.07, 6.45) is 0. The van der Waals surface area contributed by atoms with Crippen LogP contribution in [0.1, 0.15) is 27.7 Å². The van der Waals surface area contributed by atoms with Gasteiger partial charge in [0.05, 0.1) is 28.8 Å². The number of amides is 1. The highest BCUT2D eigenvalue weighted by molar-refractivity contribution is 7.92. The summed E-state index contributed by atoms with van der Waals surface area (Å²) in [5.74, 6) is -0.244. The maximum absolute atomic E-state index is 14.0. The fourth-order valence-corrected chi connectivity index (χ4v) is 4.34. The summed E-state index contributed by atoms with van der Waals surface area (Å²) in [7, 11) is -2.76. The van der Waals surface area contributed by atoms with E-state index in [0.29, 0.717) is 18.0 Å². The smallest absolute Gasteiger partial charge is 0.262 e. The lowest BCUT2D eigenvalue weighted by Gasteiger charge is -2.29. The van der Waals surface area contributed by atoms with Gasteiger partial charge in [-0.15, -0.1) is 0 Å². The first kappa shape index (κ1) is 22.9. The Morgan fingerprint density at radius 3 is 2.55 bits per heavy atom. The second-order valence-corrected chi connectivity index (χ2v) is 10.2. The molecule has 2 aromatic carbocycles. The normalized spacial score (nSPS) is 15.8. The fraction of sp³-hybridized carbons (Fsp3) is 0.409. The first-order valence-corrected chi connectivity index (χ1v) is 11.4. The van der Waals surface area contributed by atoms with Gasteiger partial charge in [-0.1, -0.05) is 13.8 Å². The van der Waals surface area contributed by atoms with E-state index >= 15 is 0 Å². The molecule has 0 unspecified atom stereocenters. The molecule has 0 atom stereocenters. The second kappa shape index (κ2) is 8.37. The minimum Gasteiger partial charge on any atom is -0.494 e. The van der Waals surface area contributed by atoms with Crippen molar-refractivity contribution in [2.24, 2.45) is 11.3 Å². The van der Waals surface area contributed by atoms with Gasteiger partial charge < -0.3 is 14.4 Å². The first-order valence-electron chi connectivity index (χ1n) is 9.90. The van der Waals surface area contributed by atoms with Crippen molar-refractivity contribution in [3.05, 3.63) is 42.2 Å². The Morgan fingerprint density at radius 2 is 1.94 bits per heavy atom. The topological polar surface area (TPSA) is 84.9 Å². The van der Waals surface area contributed by atoms with Crippen LogP contribution in [0.5, 0.6) is 11.5 Å². The molecule has 0 spiro atoms. The predicted molar refractivity (Wildman–Crippen MR) is 117 cm³/mol.